The number of hydrogen-bond acceptors (Lipinski definition) is 2. The van der Waals surface area contributed by atoms with Crippen LogP contribution in [0.1, 0.15) is 53.4 Å². The molecule has 0 radical (unpaired) electrons. The highest BCUT2D eigenvalue weighted by Gasteiger charge is 2.32. The van der Waals surface area contributed by atoms with Crippen LogP contribution in [0.4, 0.5) is 0 Å². The molecule has 1 aliphatic rings. The molecular formula is C17H32N2O. The van der Waals surface area contributed by atoms with Crippen LogP contribution in [0.5, 0.6) is 0 Å². The summed E-state index contributed by atoms with van der Waals surface area (Å²) in [4.78, 5) is 14.8. The predicted molar refractivity (Wildman–Crippen MR) is 85.7 cm³/mol. The summed E-state index contributed by atoms with van der Waals surface area (Å²) in [7, 11) is 0. The SMILES string of the molecule is CCN(CC)CCNC(=O)C1(C)CC/C=C/C(C)CC1. The van der Waals surface area contributed by atoms with E-state index in [4.69, 9.17) is 0 Å². The molecule has 2 unspecified atom stereocenters. The number of hydrogen-bond donors (Lipinski definition) is 1. The van der Waals surface area contributed by atoms with Crippen LogP contribution in [0.25, 0.3) is 0 Å². The Morgan fingerprint density at radius 3 is 2.70 bits per heavy atom. The van der Waals surface area contributed by atoms with Crippen molar-refractivity contribution in [3.63, 3.8) is 0 Å². The molecule has 3 nitrogen and oxygen atoms in total. The fourth-order valence-electron chi connectivity index (χ4n) is 2.81. The van der Waals surface area contributed by atoms with Crippen LogP contribution < -0.4 is 5.32 Å². The first-order valence-corrected chi connectivity index (χ1v) is 8.19. The number of likely N-dealkylation sites (N-methyl/N-ethyl adjacent to an activating group) is 1. The van der Waals surface area contributed by atoms with Gasteiger partial charge in [0, 0.05) is 18.5 Å². The lowest BCUT2D eigenvalue weighted by atomic mass is 9.77. The van der Waals surface area contributed by atoms with Crippen molar-refractivity contribution < 1.29 is 4.79 Å². The zero-order valence-corrected chi connectivity index (χ0v) is 13.7. The van der Waals surface area contributed by atoms with Gasteiger partial charge < -0.3 is 10.2 Å². The van der Waals surface area contributed by atoms with E-state index in [9.17, 15) is 4.79 Å². The summed E-state index contributed by atoms with van der Waals surface area (Å²) in [6.07, 6.45) is 8.62. The zero-order valence-electron chi connectivity index (χ0n) is 13.7. The van der Waals surface area contributed by atoms with Gasteiger partial charge in [0.15, 0.2) is 0 Å². The molecule has 0 fully saturated rings. The Balaban J connectivity index is 2.45. The summed E-state index contributed by atoms with van der Waals surface area (Å²) in [5.74, 6) is 0.838. The van der Waals surface area contributed by atoms with Crippen LogP contribution in [-0.4, -0.2) is 37.0 Å². The Morgan fingerprint density at radius 1 is 1.35 bits per heavy atom. The fourth-order valence-corrected chi connectivity index (χ4v) is 2.81. The van der Waals surface area contributed by atoms with Crippen LogP contribution >= 0.6 is 0 Å². The molecule has 0 aromatic heterocycles. The Morgan fingerprint density at radius 2 is 2.05 bits per heavy atom. The van der Waals surface area contributed by atoms with Gasteiger partial charge in [0.2, 0.25) is 5.91 Å². The largest absolute Gasteiger partial charge is 0.354 e. The maximum absolute atomic E-state index is 12.5. The van der Waals surface area contributed by atoms with E-state index in [0.29, 0.717) is 5.92 Å². The Hall–Kier alpha value is -0.830. The lowest BCUT2D eigenvalue weighted by molar-refractivity contribution is -0.131. The molecule has 1 amide bonds. The summed E-state index contributed by atoms with van der Waals surface area (Å²) in [5, 5.41) is 3.15. The summed E-state index contributed by atoms with van der Waals surface area (Å²) in [5.41, 5.74) is -0.192. The van der Waals surface area contributed by atoms with Crippen molar-refractivity contribution in [3.8, 4) is 0 Å². The van der Waals surface area contributed by atoms with Gasteiger partial charge in [0.1, 0.15) is 0 Å². The van der Waals surface area contributed by atoms with E-state index in [1.54, 1.807) is 0 Å². The monoisotopic (exact) mass is 280 g/mol. The average molecular weight is 280 g/mol. The molecule has 0 aromatic carbocycles. The normalized spacial score (nSPS) is 28.8. The van der Waals surface area contributed by atoms with Gasteiger partial charge in [-0.3, -0.25) is 4.79 Å². The first kappa shape index (κ1) is 17.2. The summed E-state index contributed by atoms with van der Waals surface area (Å²) in [6, 6.07) is 0. The number of allylic oxidation sites excluding steroid dienone is 2. The van der Waals surface area contributed by atoms with Crippen molar-refractivity contribution in [2.45, 2.75) is 53.4 Å². The highest BCUT2D eigenvalue weighted by Crippen LogP contribution is 2.33. The lowest BCUT2D eigenvalue weighted by Crippen LogP contribution is -2.42. The molecule has 0 heterocycles. The second kappa shape index (κ2) is 8.46. The van der Waals surface area contributed by atoms with Gasteiger partial charge in [-0.2, -0.15) is 0 Å². The predicted octanol–water partition coefficient (Wildman–Crippen LogP) is 3.22. The van der Waals surface area contributed by atoms with Crippen LogP contribution in [0, 0.1) is 11.3 Å². The second-order valence-corrected chi connectivity index (χ2v) is 6.33. The van der Waals surface area contributed by atoms with E-state index in [1.807, 2.05) is 0 Å². The van der Waals surface area contributed by atoms with Crippen molar-refractivity contribution in [1.29, 1.82) is 0 Å². The first-order chi connectivity index (χ1) is 9.51. The molecule has 1 rings (SSSR count). The fraction of sp³-hybridized carbons (Fsp3) is 0.824. The van der Waals surface area contributed by atoms with Crippen molar-refractivity contribution in [2.24, 2.45) is 11.3 Å². The quantitative estimate of drug-likeness (QED) is 0.758. The number of nitrogens with one attached hydrogen (secondary N) is 1. The van der Waals surface area contributed by atoms with Crippen molar-refractivity contribution in [3.05, 3.63) is 12.2 Å². The topological polar surface area (TPSA) is 32.3 Å². The standard InChI is InChI=1S/C17H32N2O/c1-5-19(6-2)14-13-18-16(20)17(4)11-8-7-9-15(3)10-12-17/h7,9,15H,5-6,8,10-14H2,1-4H3,(H,18,20)/b9-7+. The summed E-state index contributed by atoms with van der Waals surface area (Å²) < 4.78 is 0. The molecule has 0 saturated carbocycles. The Kier molecular flexibility index (Phi) is 7.28. The van der Waals surface area contributed by atoms with E-state index in [-0.39, 0.29) is 11.3 Å². The van der Waals surface area contributed by atoms with Gasteiger partial charge in [-0.05, 0) is 44.7 Å². The Bertz CT molecular complexity index is 323. The average Bonchev–Trinajstić information content (AvgIpc) is 2.44. The zero-order chi connectivity index (χ0) is 15.0. The molecule has 0 aliphatic heterocycles. The summed E-state index contributed by atoms with van der Waals surface area (Å²) >= 11 is 0. The lowest BCUT2D eigenvalue weighted by Gasteiger charge is -2.30. The third kappa shape index (κ3) is 5.28. The smallest absolute Gasteiger partial charge is 0.225 e. The van der Waals surface area contributed by atoms with Crippen molar-refractivity contribution in [2.75, 3.05) is 26.2 Å². The van der Waals surface area contributed by atoms with E-state index in [2.05, 4.69) is 50.1 Å². The highest BCUT2D eigenvalue weighted by atomic mass is 16.2. The van der Waals surface area contributed by atoms with Crippen LogP contribution in [0.15, 0.2) is 12.2 Å². The minimum atomic E-state index is -0.192. The third-order valence-electron chi connectivity index (χ3n) is 4.64. The number of carbonyl (C=O) groups is 1. The molecule has 20 heavy (non-hydrogen) atoms. The van der Waals surface area contributed by atoms with Gasteiger partial charge in [-0.1, -0.05) is 39.8 Å². The van der Waals surface area contributed by atoms with E-state index in [0.717, 1.165) is 51.9 Å². The van der Waals surface area contributed by atoms with Gasteiger partial charge >= 0.3 is 0 Å². The maximum atomic E-state index is 12.5. The minimum absolute atomic E-state index is 0.192. The van der Waals surface area contributed by atoms with Gasteiger partial charge in [-0.15, -0.1) is 0 Å². The minimum Gasteiger partial charge on any atom is -0.354 e. The number of carbonyl (C=O) groups excluding carboxylic acids is 1. The molecule has 1 N–H and O–H groups in total. The third-order valence-corrected chi connectivity index (χ3v) is 4.64. The van der Waals surface area contributed by atoms with E-state index < -0.39 is 0 Å². The molecule has 0 saturated heterocycles. The van der Waals surface area contributed by atoms with E-state index >= 15 is 0 Å². The molecule has 0 aromatic rings. The molecule has 0 spiro atoms. The van der Waals surface area contributed by atoms with Gasteiger partial charge in [0.05, 0.1) is 0 Å². The molecule has 1 aliphatic carbocycles. The van der Waals surface area contributed by atoms with Gasteiger partial charge in [0.25, 0.3) is 0 Å². The Labute approximate surface area is 124 Å². The molecule has 2 atom stereocenters. The number of nitrogens with zero attached hydrogens (tertiary/aromatic N) is 1. The summed E-state index contributed by atoms with van der Waals surface area (Å²) in [6.45, 7) is 12.5. The van der Waals surface area contributed by atoms with Crippen LogP contribution in [0.3, 0.4) is 0 Å². The maximum Gasteiger partial charge on any atom is 0.225 e. The van der Waals surface area contributed by atoms with Crippen LogP contribution in [0.2, 0.25) is 0 Å². The first-order valence-electron chi connectivity index (χ1n) is 8.19. The molecule has 116 valence electrons. The van der Waals surface area contributed by atoms with E-state index in [1.165, 1.54) is 0 Å². The van der Waals surface area contributed by atoms with Crippen LogP contribution in [-0.2, 0) is 4.79 Å². The molecular weight excluding hydrogens is 248 g/mol. The second-order valence-electron chi connectivity index (χ2n) is 6.33. The number of rotatable bonds is 6. The molecule has 0 bridgehead atoms. The number of amides is 1. The van der Waals surface area contributed by atoms with Crippen molar-refractivity contribution >= 4 is 5.91 Å². The van der Waals surface area contributed by atoms with Crippen molar-refractivity contribution in [1.82, 2.24) is 10.2 Å². The molecule has 3 heteroatoms. The van der Waals surface area contributed by atoms with Gasteiger partial charge in [-0.25, -0.2) is 0 Å². The highest BCUT2D eigenvalue weighted by molar-refractivity contribution is 5.82.